The molecule has 0 saturated carbocycles. The average molecular weight is 689 g/mol. The van der Waals surface area contributed by atoms with Crippen molar-refractivity contribution in [3.63, 3.8) is 0 Å². The summed E-state index contributed by atoms with van der Waals surface area (Å²) in [7, 11) is 2.14. The van der Waals surface area contributed by atoms with Crippen LogP contribution in [-0.4, -0.2) is 56.7 Å². The van der Waals surface area contributed by atoms with Crippen LogP contribution in [0.15, 0.2) is 48.6 Å². The predicted molar refractivity (Wildman–Crippen MR) is 160 cm³/mol. The number of hydrogen-bond donors (Lipinski definition) is 2. The molecule has 0 spiro atoms. The fourth-order valence-corrected chi connectivity index (χ4v) is 3.66. The molecule has 46 heavy (non-hydrogen) atoms. The van der Waals surface area contributed by atoms with Crippen LogP contribution < -0.4 is 20.1 Å². The van der Waals surface area contributed by atoms with Crippen molar-refractivity contribution >= 4 is 64.9 Å². The maximum absolute atomic E-state index is 14.5. The lowest BCUT2D eigenvalue weighted by Crippen LogP contribution is -2.32. The Morgan fingerprint density at radius 1 is 0.717 bits per heavy atom. The zero-order valence-corrected chi connectivity index (χ0v) is 26.3. The van der Waals surface area contributed by atoms with Gasteiger partial charge in [-0.3, -0.25) is 10.6 Å². The van der Waals surface area contributed by atoms with Gasteiger partial charge in [-0.1, -0.05) is 50.2 Å². The Kier molecular flexibility index (Phi) is 13.8. The Bertz CT molecular complexity index is 1410. The monoisotopic (exact) mass is 688 g/mol. The number of carbonyl (C=O) groups is 5. The third-order valence-corrected chi connectivity index (χ3v) is 6.42. The van der Waals surface area contributed by atoms with Crippen LogP contribution in [0.2, 0.25) is 10.0 Å². The van der Waals surface area contributed by atoms with Gasteiger partial charge in [0.05, 0.1) is 35.6 Å². The Labute approximate surface area is 271 Å². The van der Waals surface area contributed by atoms with Gasteiger partial charge in [0, 0.05) is 12.1 Å². The summed E-state index contributed by atoms with van der Waals surface area (Å²) in [6.45, 7) is 10.6. The minimum atomic E-state index is -1.51. The average Bonchev–Trinajstić information content (AvgIpc) is 3.01. The number of halogens is 4. The van der Waals surface area contributed by atoms with Crippen LogP contribution in [0.1, 0.15) is 26.7 Å². The number of benzene rings is 2. The quantitative estimate of drug-likeness (QED) is 0.102. The molecule has 248 valence electrons. The van der Waals surface area contributed by atoms with Gasteiger partial charge in [-0.25, -0.2) is 32.8 Å². The summed E-state index contributed by atoms with van der Waals surface area (Å²) in [5.41, 5.74) is -0.756. The number of esters is 2. The topological polar surface area (TPSA) is 165 Å². The minimum Gasteiger partial charge on any atom is -0.466 e. The Morgan fingerprint density at radius 2 is 1.07 bits per heavy atom. The van der Waals surface area contributed by atoms with Gasteiger partial charge in [0.2, 0.25) is 12.2 Å². The van der Waals surface area contributed by atoms with E-state index in [0.717, 1.165) is 26.4 Å². The second-order valence-electron chi connectivity index (χ2n) is 8.87. The molecule has 0 aliphatic rings. The summed E-state index contributed by atoms with van der Waals surface area (Å²) < 4.78 is 58.2. The summed E-state index contributed by atoms with van der Waals surface area (Å²) in [5.74, 6) is -5.03. The van der Waals surface area contributed by atoms with Crippen molar-refractivity contribution in [2.75, 3.05) is 24.9 Å². The van der Waals surface area contributed by atoms with E-state index in [1.165, 1.54) is 0 Å². The van der Waals surface area contributed by atoms with Crippen LogP contribution >= 0.6 is 23.2 Å². The minimum absolute atomic E-state index is 0.202. The fraction of sp³-hybridized carbons (Fsp3) is 0.276. The van der Waals surface area contributed by atoms with Gasteiger partial charge in [-0.05, 0) is 36.1 Å². The van der Waals surface area contributed by atoms with Crippen molar-refractivity contribution in [1.29, 1.82) is 0 Å². The standard InChI is InChI=1S/C29H28Cl2F2N2O11/c1-7-13(3)23(25(36)41-5)45-27(38)34-19-11-21(15(30)9-17(19)32)43-29(40)44-22-12-20(18(33)10-16(22)31)35-28(39)46-24(14(4)8-2)26(37)42-6/h9-12,23-24H,3-4,7-8H2,1-2,5-6H3,(H,34,38)(H,35,39). The van der Waals surface area contributed by atoms with Crippen LogP contribution in [0.3, 0.4) is 0 Å². The molecule has 0 radical (unpaired) electrons. The van der Waals surface area contributed by atoms with Crippen LogP contribution in [0.25, 0.3) is 0 Å². The molecule has 2 aromatic carbocycles. The third-order valence-electron chi connectivity index (χ3n) is 5.83. The Hall–Kier alpha value is -4.89. The predicted octanol–water partition coefficient (Wildman–Crippen LogP) is 6.96. The van der Waals surface area contributed by atoms with Crippen LogP contribution in [0.4, 0.5) is 34.5 Å². The number of rotatable bonds is 12. The number of nitrogens with one attached hydrogen (secondary N) is 2. The van der Waals surface area contributed by atoms with Crippen molar-refractivity contribution < 1.29 is 61.2 Å². The second kappa shape index (κ2) is 17.0. The van der Waals surface area contributed by atoms with E-state index in [1.54, 1.807) is 13.8 Å². The molecule has 0 aliphatic carbocycles. The van der Waals surface area contributed by atoms with Gasteiger partial charge in [0.25, 0.3) is 0 Å². The smallest absolute Gasteiger partial charge is 0.466 e. The summed E-state index contributed by atoms with van der Waals surface area (Å²) in [4.78, 5) is 61.2. The molecule has 2 rings (SSSR count). The lowest BCUT2D eigenvalue weighted by molar-refractivity contribution is -0.149. The first-order valence-corrected chi connectivity index (χ1v) is 13.7. The summed E-state index contributed by atoms with van der Waals surface area (Å²) >= 11 is 11.9. The fourth-order valence-electron chi connectivity index (χ4n) is 3.28. The highest BCUT2D eigenvalue weighted by molar-refractivity contribution is 6.32. The Balaban J connectivity index is 2.20. The maximum Gasteiger partial charge on any atom is 0.519 e. The van der Waals surface area contributed by atoms with Crippen molar-refractivity contribution in [2.45, 2.75) is 38.9 Å². The molecule has 17 heteroatoms. The molecular weight excluding hydrogens is 661 g/mol. The summed E-state index contributed by atoms with van der Waals surface area (Å²) in [6.07, 6.45) is -6.54. The van der Waals surface area contributed by atoms with Crippen molar-refractivity contribution in [1.82, 2.24) is 0 Å². The van der Waals surface area contributed by atoms with Crippen LogP contribution in [0.5, 0.6) is 11.5 Å². The Morgan fingerprint density at radius 3 is 1.37 bits per heavy atom. The van der Waals surface area contributed by atoms with Crippen LogP contribution in [-0.2, 0) is 28.5 Å². The zero-order chi connectivity index (χ0) is 34.7. The normalized spacial score (nSPS) is 11.7. The lowest BCUT2D eigenvalue weighted by atomic mass is 10.1. The highest BCUT2D eigenvalue weighted by Crippen LogP contribution is 2.34. The van der Waals surface area contributed by atoms with Gasteiger partial charge in [-0.15, -0.1) is 0 Å². The number of anilines is 2. The van der Waals surface area contributed by atoms with Gasteiger partial charge in [0.15, 0.2) is 11.5 Å². The molecule has 0 heterocycles. The SMILES string of the molecule is C=C(CC)C(OC(=O)Nc1cc(OC(=O)Oc2cc(NC(=O)OC(C(=C)CC)C(=O)OC)c(F)cc2Cl)c(Cl)cc1F)C(=O)OC. The van der Waals surface area contributed by atoms with Crippen molar-refractivity contribution in [3.05, 3.63) is 70.2 Å². The number of methoxy groups -OCH3 is 2. The molecule has 2 unspecified atom stereocenters. The number of amides is 2. The van der Waals surface area contributed by atoms with E-state index in [1.807, 2.05) is 10.6 Å². The van der Waals surface area contributed by atoms with Crippen molar-refractivity contribution in [2.24, 2.45) is 0 Å². The molecule has 13 nitrogen and oxygen atoms in total. The highest BCUT2D eigenvalue weighted by Gasteiger charge is 2.28. The van der Waals surface area contributed by atoms with E-state index in [-0.39, 0.29) is 24.0 Å². The first kappa shape index (κ1) is 37.3. The van der Waals surface area contributed by atoms with Gasteiger partial charge in [0.1, 0.15) is 11.6 Å². The first-order valence-electron chi connectivity index (χ1n) is 13.0. The molecule has 2 N–H and O–H groups in total. The van der Waals surface area contributed by atoms with Gasteiger partial charge >= 0.3 is 30.3 Å². The zero-order valence-electron chi connectivity index (χ0n) is 24.8. The first-order chi connectivity index (χ1) is 21.6. The van der Waals surface area contributed by atoms with E-state index >= 15 is 0 Å². The number of hydrogen-bond acceptors (Lipinski definition) is 11. The van der Waals surface area contributed by atoms with E-state index < -0.39 is 87.0 Å². The van der Waals surface area contributed by atoms with Gasteiger partial charge in [-0.2, -0.15) is 0 Å². The summed E-state index contributed by atoms with van der Waals surface area (Å²) in [5, 5.41) is 3.20. The molecule has 0 aromatic heterocycles. The van der Waals surface area contributed by atoms with E-state index in [9.17, 15) is 32.8 Å². The number of ether oxygens (including phenoxy) is 6. The lowest BCUT2D eigenvalue weighted by Gasteiger charge is -2.18. The van der Waals surface area contributed by atoms with Crippen LogP contribution in [0, 0.1) is 11.6 Å². The van der Waals surface area contributed by atoms with Gasteiger partial charge < -0.3 is 28.4 Å². The number of carbonyl (C=O) groups excluding carboxylic acids is 5. The van der Waals surface area contributed by atoms with E-state index in [4.69, 9.17) is 42.1 Å². The van der Waals surface area contributed by atoms with Crippen molar-refractivity contribution in [3.8, 4) is 11.5 Å². The molecule has 0 fully saturated rings. The van der Waals surface area contributed by atoms with E-state index in [2.05, 4.69) is 22.6 Å². The largest absolute Gasteiger partial charge is 0.519 e. The molecule has 2 aromatic rings. The third kappa shape index (κ3) is 10.1. The molecule has 2 atom stereocenters. The molecule has 0 aliphatic heterocycles. The maximum atomic E-state index is 14.5. The summed E-state index contributed by atoms with van der Waals surface area (Å²) in [6, 6.07) is 2.99. The molecular formula is C29H28Cl2F2N2O11. The van der Waals surface area contributed by atoms with E-state index in [0.29, 0.717) is 12.1 Å². The molecule has 2 amide bonds. The molecule has 0 saturated heterocycles. The second-order valence-corrected chi connectivity index (χ2v) is 9.68. The molecule has 0 bridgehead atoms. The highest BCUT2D eigenvalue weighted by atomic mass is 35.5.